The smallest absolute Gasteiger partial charge is 0.257 e. The van der Waals surface area contributed by atoms with Gasteiger partial charge in [0.05, 0.1) is 17.5 Å². The van der Waals surface area contributed by atoms with Crippen molar-refractivity contribution >= 4 is 35.0 Å². The van der Waals surface area contributed by atoms with Crippen molar-refractivity contribution in [3.63, 3.8) is 0 Å². The predicted octanol–water partition coefficient (Wildman–Crippen LogP) is 3.86. The number of carbonyl (C=O) groups is 2. The Morgan fingerprint density at radius 1 is 1.13 bits per heavy atom. The van der Waals surface area contributed by atoms with E-state index in [1.807, 2.05) is 30.1 Å². The van der Waals surface area contributed by atoms with E-state index in [1.54, 1.807) is 35.1 Å². The second-order valence-corrected chi connectivity index (χ2v) is 8.48. The summed E-state index contributed by atoms with van der Waals surface area (Å²) in [7, 11) is 1.90. The molecule has 2 heterocycles. The van der Waals surface area contributed by atoms with Crippen LogP contribution in [-0.4, -0.2) is 50.2 Å². The summed E-state index contributed by atoms with van der Waals surface area (Å²) in [6.07, 6.45) is 9.08. The summed E-state index contributed by atoms with van der Waals surface area (Å²) in [5, 5.41) is 7.10. The molecule has 8 heteroatoms. The fourth-order valence-electron chi connectivity index (χ4n) is 3.81. The summed E-state index contributed by atoms with van der Waals surface area (Å²) in [5.41, 5.74) is 1.19. The van der Waals surface area contributed by atoms with Crippen LogP contribution in [0.3, 0.4) is 0 Å². The van der Waals surface area contributed by atoms with Crippen LogP contribution in [0, 0.1) is 0 Å². The van der Waals surface area contributed by atoms with Crippen LogP contribution in [0.2, 0.25) is 0 Å². The number of nitrogens with zero attached hydrogens (tertiary/aromatic N) is 4. The van der Waals surface area contributed by atoms with Crippen molar-refractivity contribution in [2.45, 2.75) is 43.0 Å². The van der Waals surface area contributed by atoms with Crippen LogP contribution >= 0.6 is 11.8 Å². The summed E-state index contributed by atoms with van der Waals surface area (Å²) in [6, 6.07) is 11.2. The fraction of sp³-hybridized carbons (Fsp3) is 0.364. The van der Waals surface area contributed by atoms with Gasteiger partial charge in [0.1, 0.15) is 5.82 Å². The molecule has 0 aliphatic heterocycles. The second kappa shape index (κ2) is 9.30. The maximum absolute atomic E-state index is 12.9. The molecule has 7 nitrogen and oxygen atoms in total. The van der Waals surface area contributed by atoms with Gasteiger partial charge in [-0.3, -0.25) is 9.59 Å². The van der Waals surface area contributed by atoms with Gasteiger partial charge >= 0.3 is 0 Å². The molecule has 30 heavy (non-hydrogen) atoms. The number of amides is 2. The van der Waals surface area contributed by atoms with E-state index in [2.05, 4.69) is 15.4 Å². The summed E-state index contributed by atoms with van der Waals surface area (Å²) < 4.78 is 1.58. The molecule has 0 radical (unpaired) electrons. The number of rotatable bonds is 6. The van der Waals surface area contributed by atoms with E-state index in [9.17, 15) is 9.59 Å². The molecule has 3 aromatic rings. The van der Waals surface area contributed by atoms with E-state index in [0.717, 1.165) is 17.7 Å². The van der Waals surface area contributed by atoms with Gasteiger partial charge in [0, 0.05) is 30.2 Å². The Labute approximate surface area is 179 Å². The van der Waals surface area contributed by atoms with Crippen molar-refractivity contribution in [1.29, 1.82) is 0 Å². The average molecular weight is 424 g/mol. The number of hydrogen-bond acceptors (Lipinski definition) is 5. The number of benzene rings is 1. The van der Waals surface area contributed by atoms with E-state index in [-0.39, 0.29) is 11.8 Å². The predicted molar refractivity (Wildman–Crippen MR) is 118 cm³/mol. The number of fused-ring (bicyclic) bond motifs is 1. The Kier molecular flexibility index (Phi) is 6.32. The second-order valence-electron chi connectivity index (χ2n) is 7.47. The zero-order valence-corrected chi connectivity index (χ0v) is 17.8. The first kappa shape index (κ1) is 20.4. The molecule has 2 amide bonds. The first-order valence-electron chi connectivity index (χ1n) is 10.2. The van der Waals surface area contributed by atoms with Gasteiger partial charge in [0.2, 0.25) is 5.91 Å². The molecule has 4 rings (SSSR count). The Morgan fingerprint density at radius 3 is 2.77 bits per heavy atom. The highest BCUT2D eigenvalue weighted by Crippen LogP contribution is 2.26. The lowest BCUT2D eigenvalue weighted by Gasteiger charge is -2.31. The van der Waals surface area contributed by atoms with Crippen molar-refractivity contribution < 1.29 is 9.59 Å². The molecule has 0 unspecified atom stereocenters. The zero-order valence-electron chi connectivity index (χ0n) is 17.0. The maximum Gasteiger partial charge on any atom is 0.257 e. The minimum Gasteiger partial charge on any atom is -0.342 e. The van der Waals surface area contributed by atoms with E-state index in [4.69, 9.17) is 0 Å². The van der Waals surface area contributed by atoms with Gasteiger partial charge in [-0.05, 0) is 31.0 Å². The molecule has 1 aromatic carbocycles. The first-order valence-corrected chi connectivity index (χ1v) is 11.2. The minimum absolute atomic E-state index is 0.106. The van der Waals surface area contributed by atoms with Gasteiger partial charge in [-0.25, -0.2) is 4.98 Å². The van der Waals surface area contributed by atoms with Crippen LogP contribution < -0.4 is 5.32 Å². The highest BCUT2D eigenvalue weighted by Gasteiger charge is 2.22. The van der Waals surface area contributed by atoms with Crippen molar-refractivity contribution in [3.8, 4) is 0 Å². The minimum atomic E-state index is -0.241. The van der Waals surface area contributed by atoms with Crippen LogP contribution in [-0.2, 0) is 4.79 Å². The molecule has 2 aromatic heterocycles. The summed E-state index contributed by atoms with van der Waals surface area (Å²) in [6.45, 7) is 0. The normalized spacial score (nSPS) is 14.6. The number of carbonyl (C=O) groups excluding carboxylic acids is 2. The molecule has 1 aliphatic carbocycles. The molecule has 0 spiro atoms. The molecule has 1 fully saturated rings. The lowest BCUT2D eigenvalue weighted by atomic mass is 9.94. The molecule has 0 saturated heterocycles. The lowest BCUT2D eigenvalue weighted by Crippen LogP contribution is -2.39. The van der Waals surface area contributed by atoms with Crippen LogP contribution in [0.1, 0.15) is 42.5 Å². The molecule has 0 bridgehead atoms. The van der Waals surface area contributed by atoms with Gasteiger partial charge in [-0.2, -0.15) is 9.61 Å². The quantitative estimate of drug-likeness (QED) is 0.609. The topological polar surface area (TPSA) is 79.6 Å². The number of anilines is 1. The largest absolute Gasteiger partial charge is 0.342 e. The zero-order chi connectivity index (χ0) is 20.9. The van der Waals surface area contributed by atoms with E-state index < -0.39 is 0 Å². The Morgan fingerprint density at radius 2 is 1.93 bits per heavy atom. The highest BCUT2D eigenvalue weighted by molar-refractivity contribution is 8.00. The van der Waals surface area contributed by atoms with Crippen LogP contribution in [0.15, 0.2) is 53.7 Å². The van der Waals surface area contributed by atoms with Crippen LogP contribution in [0.25, 0.3) is 5.65 Å². The van der Waals surface area contributed by atoms with Crippen LogP contribution in [0.5, 0.6) is 0 Å². The van der Waals surface area contributed by atoms with Crippen molar-refractivity contribution in [1.82, 2.24) is 19.5 Å². The van der Waals surface area contributed by atoms with Gasteiger partial charge in [0.25, 0.3) is 5.91 Å². The summed E-state index contributed by atoms with van der Waals surface area (Å²) >= 11 is 1.40. The van der Waals surface area contributed by atoms with E-state index >= 15 is 0 Å². The Hall–Kier alpha value is -2.87. The molecular weight excluding hydrogens is 398 g/mol. The fourth-order valence-corrected chi connectivity index (χ4v) is 4.78. The highest BCUT2D eigenvalue weighted by atomic mass is 32.2. The Bertz CT molecular complexity index is 1040. The molecule has 1 aliphatic rings. The lowest BCUT2D eigenvalue weighted by molar-refractivity contribution is -0.129. The number of hydrogen-bond donors (Lipinski definition) is 1. The first-order chi connectivity index (χ1) is 14.6. The summed E-state index contributed by atoms with van der Waals surface area (Å²) in [4.78, 5) is 32.5. The van der Waals surface area contributed by atoms with E-state index in [0.29, 0.717) is 28.8 Å². The number of aromatic nitrogens is 3. The third kappa shape index (κ3) is 4.48. The van der Waals surface area contributed by atoms with Gasteiger partial charge in [-0.15, -0.1) is 11.8 Å². The third-order valence-electron chi connectivity index (χ3n) is 5.53. The maximum atomic E-state index is 12.9. The van der Waals surface area contributed by atoms with Gasteiger partial charge < -0.3 is 10.2 Å². The summed E-state index contributed by atoms with van der Waals surface area (Å²) in [5.74, 6) is 0.724. The molecule has 156 valence electrons. The van der Waals surface area contributed by atoms with E-state index in [1.165, 1.54) is 31.0 Å². The molecule has 1 N–H and O–H groups in total. The monoisotopic (exact) mass is 423 g/mol. The molecule has 1 saturated carbocycles. The van der Waals surface area contributed by atoms with Crippen molar-refractivity contribution in [2.75, 3.05) is 18.1 Å². The van der Waals surface area contributed by atoms with Gasteiger partial charge in [0.15, 0.2) is 5.65 Å². The molecular formula is C22H25N5O2S. The number of nitrogens with one attached hydrogen (secondary N) is 1. The SMILES string of the molecule is CN(C(=O)CSc1ccccc1C(=O)Nc1ccnc2ccnn12)C1CCCCC1. The number of thioether (sulfide) groups is 1. The third-order valence-corrected chi connectivity index (χ3v) is 6.59. The Balaban J connectivity index is 1.43. The molecule has 0 atom stereocenters. The van der Waals surface area contributed by atoms with Crippen molar-refractivity contribution in [3.05, 3.63) is 54.4 Å². The van der Waals surface area contributed by atoms with Crippen molar-refractivity contribution in [2.24, 2.45) is 0 Å². The van der Waals surface area contributed by atoms with Crippen LogP contribution in [0.4, 0.5) is 5.82 Å². The average Bonchev–Trinajstić information content (AvgIpc) is 3.27. The standard InChI is InChI=1S/C22H25N5O2S/c1-26(16-7-3-2-4-8-16)21(28)15-30-18-10-6-5-9-17(18)22(29)25-20-11-13-23-19-12-14-24-27(19)20/h5-6,9-14,16H,2-4,7-8,15H2,1H3,(H,25,29). The van der Waals surface area contributed by atoms with Gasteiger partial charge in [-0.1, -0.05) is 31.4 Å².